The van der Waals surface area contributed by atoms with E-state index in [-0.39, 0.29) is 17.2 Å². The smallest absolute Gasteiger partial charge is 0.326 e. The van der Waals surface area contributed by atoms with E-state index in [9.17, 15) is 19.7 Å². The SMILES string of the molecule is CC12CCC(C(=O)Nc3ccc(N=Nc4ccccc4)cc3)(C/C1=N\OC(=O)c1ccc([N+](=O)[O-])cc1)C2(C)C. The number of nitrogens with one attached hydrogen (secondary N) is 1. The van der Waals surface area contributed by atoms with Gasteiger partial charge in [0.1, 0.15) is 0 Å². The Morgan fingerprint density at radius 1 is 0.875 bits per heavy atom. The van der Waals surface area contributed by atoms with Gasteiger partial charge in [0.15, 0.2) is 0 Å². The average molecular weight is 540 g/mol. The molecular weight excluding hydrogens is 510 g/mol. The maximum atomic E-state index is 13.8. The number of nitro benzene ring substituents is 1. The summed E-state index contributed by atoms with van der Waals surface area (Å²) >= 11 is 0. The number of nitro groups is 1. The number of rotatable bonds is 7. The molecule has 2 unspecified atom stereocenters. The third-order valence-corrected chi connectivity index (χ3v) is 8.88. The number of amides is 1. The normalized spacial score (nSPS) is 23.8. The van der Waals surface area contributed by atoms with Gasteiger partial charge in [0.25, 0.3) is 5.69 Å². The van der Waals surface area contributed by atoms with Gasteiger partial charge in [-0.1, -0.05) is 44.1 Å². The van der Waals surface area contributed by atoms with Crippen molar-refractivity contribution >= 4 is 40.3 Å². The second-order valence-electron chi connectivity index (χ2n) is 11.0. The molecule has 0 aliphatic heterocycles. The zero-order chi connectivity index (χ0) is 28.5. The number of nitrogens with zero attached hydrogens (tertiary/aromatic N) is 4. The van der Waals surface area contributed by atoms with Crippen LogP contribution in [0.3, 0.4) is 0 Å². The number of non-ortho nitro benzene ring substituents is 1. The Balaban J connectivity index is 1.29. The molecule has 3 aromatic rings. The first-order chi connectivity index (χ1) is 19.1. The fraction of sp³-hybridized carbons (Fsp3) is 0.300. The quantitative estimate of drug-likeness (QED) is 0.145. The Hall–Kier alpha value is -4.73. The van der Waals surface area contributed by atoms with Crippen LogP contribution in [-0.4, -0.2) is 22.5 Å². The highest BCUT2D eigenvalue weighted by Gasteiger charge is 2.71. The van der Waals surface area contributed by atoms with Crippen LogP contribution < -0.4 is 5.32 Å². The van der Waals surface area contributed by atoms with E-state index in [4.69, 9.17) is 4.84 Å². The number of hydrogen-bond donors (Lipinski definition) is 1. The molecule has 204 valence electrons. The summed E-state index contributed by atoms with van der Waals surface area (Å²) in [6.07, 6.45) is 1.76. The van der Waals surface area contributed by atoms with Crippen molar-refractivity contribution in [2.75, 3.05) is 5.32 Å². The van der Waals surface area contributed by atoms with Crippen LogP contribution in [0.2, 0.25) is 0 Å². The number of hydrogen-bond acceptors (Lipinski definition) is 8. The Morgan fingerprint density at radius 2 is 1.50 bits per heavy atom. The molecule has 0 spiro atoms. The minimum absolute atomic E-state index is 0.105. The molecule has 2 bridgehead atoms. The first kappa shape index (κ1) is 26.9. The van der Waals surface area contributed by atoms with E-state index < -0.39 is 27.1 Å². The van der Waals surface area contributed by atoms with Gasteiger partial charge in [0, 0.05) is 29.7 Å². The number of benzene rings is 3. The number of oxime groups is 1. The van der Waals surface area contributed by atoms with Gasteiger partial charge in [-0.2, -0.15) is 10.2 Å². The van der Waals surface area contributed by atoms with E-state index >= 15 is 0 Å². The summed E-state index contributed by atoms with van der Waals surface area (Å²) in [4.78, 5) is 41.9. The minimum Gasteiger partial charge on any atom is -0.326 e. The van der Waals surface area contributed by atoms with Gasteiger partial charge >= 0.3 is 5.97 Å². The van der Waals surface area contributed by atoms with Crippen molar-refractivity contribution in [1.82, 2.24) is 0 Å². The van der Waals surface area contributed by atoms with Crippen LogP contribution in [0.1, 0.15) is 50.4 Å². The summed E-state index contributed by atoms with van der Waals surface area (Å²) in [6.45, 7) is 6.18. The Morgan fingerprint density at radius 3 is 2.12 bits per heavy atom. The molecule has 1 N–H and O–H groups in total. The number of fused-ring (bicyclic) bond motifs is 2. The zero-order valence-electron chi connectivity index (χ0n) is 22.5. The van der Waals surface area contributed by atoms with Gasteiger partial charge in [-0.3, -0.25) is 14.9 Å². The van der Waals surface area contributed by atoms with E-state index in [0.29, 0.717) is 29.9 Å². The third kappa shape index (κ3) is 4.55. The fourth-order valence-electron chi connectivity index (χ4n) is 5.86. The van der Waals surface area contributed by atoms with Crippen LogP contribution in [-0.2, 0) is 9.63 Å². The molecule has 10 nitrogen and oxygen atoms in total. The number of carbonyl (C=O) groups is 2. The van der Waals surface area contributed by atoms with Crippen molar-refractivity contribution in [3.05, 3.63) is 94.5 Å². The first-order valence-corrected chi connectivity index (χ1v) is 13.0. The van der Waals surface area contributed by atoms with Gasteiger partial charge in [-0.15, -0.1) is 0 Å². The molecule has 0 saturated heterocycles. The average Bonchev–Trinajstić information content (AvgIpc) is 3.27. The lowest BCUT2D eigenvalue weighted by atomic mass is 9.64. The van der Waals surface area contributed by atoms with Crippen molar-refractivity contribution in [2.24, 2.45) is 31.6 Å². The van der Waals surface area contributed by atoms with Crippen LogP contribution in [0.15, 0.2) is 94.2 Å². The van der Waals surface area contributed by atoms with Crippen molar-refractivity contribution in [2.45, 2.75) is 40.0 Å². The summed E-state index contributed by atoms with van der Waals surface area (Å²) in [5, 5.41) is 26.6. The van der Waals surface area contributed by atoms with Gasteiger partial charge in [0.2, 0.25) is 5.91 Å². The van der Waals surface area contributed by atoms with Crippen LogP contribution in [0.4, 0.5) is 22.7 Å². The monoisotopic (exact) mass is 539 g/mol. The van der Waals surface area contributed by atoms with Crippen molar-refractivity contribution < 1.29 is 19.3 Å². The first-order valence-electron chi connectivity index (χ1n) is 13.0. The summed E-state index contributed by atoms with van der Waals surface area (Å²) in [7, 11) is 0. The van der Waals surface area contributed by atoms with Gasteiger partial charge in [-0.25, -0.2) is 4.79 Å². The Kier molecular flexibility index (Phi) is 6.79. The topological polar surface area (TPSA) is 136 Å². The molecule has 2 fully saturated rings. The Labute approximate surface area is 231 Å². The van der Waals surface area contributed by atoms with Crippen LogP contribution in [0.25, 0.3) is 0 Å². The molecule has 3 aromatic carbocycles. The lowest BCUT2D eigenvalue weighted by Gasteiger charge is -2.39. The molecular formula is C30H29N5O5. The van der Waals surface area contributed by atoms with Crippen LogP contribution in [0.5, 0.6) is 0 Å². The Bertz CT molecular complexity index is 1520. The van der Waals surface area contributed by atoms with Crippen molar-refractivity contribution in [1.29, 1.82) is 0 Å². The highest BCUT2D eigenvalue weighted by atomic mass is 16.7. The van der Waals surface area contributed by atoms with Gasteiger partial charge in [0.05, 0.1) is 33.0 Å². The lowest BCUT2D eigenvalue weighted by Crippen LogP contribution is -2.43. The van der Waals surface area contributed by atoms with Gasteiger partial charge in [-0.05, 0) is 66.8 Å². The van der Waals surface area contributed by atoms with Crippen molar-refractivity contribution in [3.8, 4) is 0 Å². The summed E-state index contributed by atoms with van der Waals surface area (Å²) < 4.78 is 0. The number of carbonyl (C=O) groups excluding carboxylic acids is 2. The van der Waals surface area contributed by atoms with E-state index in [1.54, 1.807) is 24.3 Å². The van der Waals surface area contributed by atoms with Crippen LogP contribution in [0, 0.1) is 26.4 Å². The maximum Gasteiger partial charge on any atom is 0.365 e. The molecule has 5 rings (SSSR count). The molecule has 2 aliphatic carbocycles. The van der Waals surface area contributed by atoms with E-state index in [1.165, 1.54) is 24.3 Å². The van der Waals surface area contributed by atoms with Crippen LogP contribution >= 0.6 is 0 Å². The summed E-state index contributed by atoms with van der Waals surface area (Å²) in [5.74, 6) is -0.818. The molecule has 2 atom stereocenters. The minimum atomic E-state index is -0.730. The van der Waals surface area contributed by atoms with E-state index in [1.807, 2.05) is 30.3 Å². The lowest BCUT2D eigenvalue weighted by molar-refractivity contribution is -0.384. The largest absolute Gasteiger partial charge is 0.365 e. The molecule has 2 saturated carbocycles. The van der Waals surface area contributed by atoms with E-state index in [2.05, 4.69) is 41.5 Å². The molecule has 0 radical (unpaired) electrons. The molecule has 40 heavy (non-hydrogen) atoms. The number of azo groups is 1. The molecule has 0 heterocycles. The van der Waals surface area contributed by atoms with Crippen molar-refractivity contribution in [3.63, 3.8) is 0 Å². The zero-order valence-corrected chi connectivity index (χ0v) is 22.5. The van der Waals surface area contributed by atoms with E-state index in [0.717, 1.165) is 12.1 Å². The number of anilines is 1. The fourth-order valence-corrected chi connectivity index (χ4v) is 5.86. The molecule has 2 aliphatic rings. The van der Waals surface area contributed by atoms with Gasteiger partial charge < -0.3 is 10.2 Å². The summed E-state index contributed by atoms with van der Waals surface area (Å²) in [6, 6.07) is 21.8. The second-order valence-corrected chi connectivity index (χ2v) is 11.0. The molecule has 10 heteroatoms. The highest BCUT2D eigenvalue weighted by molar-refractivity contribution is 6.06. The third-order valence-electron chi connectivity index (χ3n) is 8.88. The predicted octanol–water partition coefficient (Wildman–Crippen LogP) is 7.38. The molecule has 0 aromatic heterocycles. The maximum absolute atomic E-state index is 13.8. The second kappa shape index (κ2) is 10.1. The predicted molar refractivity (Wildman–Crippen MR) is 150 cm³/mol. The molecule has 1 amide bonds. The highest BCUT2D eigenvalue weighted by Crippen LogP contribution is 2.71. The standard InChI is InChI=1S/C30H29N5O5/c1-28(2)29(3)17-18-30(28,19-25(29)34-40-26(36)20-9-15-24(16-10-20)35(38)39)27(37)31-21-11-13-23(14-12-21)33-32-22-7-5-4-6-8-22/h4-16H,17-19H2,1-3H3,(H,31,37)/b33-32?,34-25+. The summed E-state index contributed by atoms with van der Waals surface area (Å²) in [5.41, 5.74) is 1.14.